The van der Waals surface area contributed by atoms with Crippen LogP contribution < -0.4 is 5.56 Å². The molecule has 2 heterocycles. The monoisotopic (exact) mass is 374 g/mol. The van der Waals surface area contributed by atoms with E-state index in [1.165, 1.54) is 13.2 Å². The number of halogens is 1. The lowest BCUT2D eigenvalue weighted by molar-refractivity contribution is 0.0587. The Morgan fingerprint density at radius 3 is 2.52 bits per heavy atom. The molecule has 0 atom stereocenters. The number of ether oxygens (including phenoxy) is 1. The zero-order valence-corrected chi connectivity index (χ0v) is 14.5. The van der Waals surface area contributed by atoms with Gasteiger partial charge in [0.15, 0.2) is 10.9 Å². The van der Waals surface area contributed by atoms with Gasteiger partial charge in [0.1, 0.15) is 0 Å². The molecule has 126 valence electrons. The van der Waals surface area contributed by atoms with E-state index in [1.807, 2.05) is 0 Å². The van der Waals surface area contributed by atoms with E-state index in [-0.39, 0.29) is 5.69 Å². The molecule has 0 radical (unpaired) electrons. The van der Waals surface area contributed by atoms with Crippen LogP contribution in [-0.2, 0) is 4.74 Å². The van der Waals surface area contributed by atoms with Crippen molar-refractivity contribution in [2.75, 3.05) is 7.11 Å². The molecule has 0 spiro atoms. The number of esters is 1. The molecule has 0 saturated heterocycles. The van der Waals surface area contributed by atoms with Gasteiger partial charge in [0.05, 0.1) is 17.7 Å². The number of hydrogen-bond acceptors (Lipinski definition) is 7. The molecule has 0 aliphatic carbocycles. The summed E-state index contributed by atoms with van der Waals surface area (Å²) in [5.41, 5.74) is 0.0648. The second-order valence-electron chi connectivity index (χ2n) is 4.71. The molecule has 0 aliphatic rings. The molecule has 3 aromatic rings. The summed E-state index contributed by atoms with van der Waals surface area (Å²) < 4.78 is 5.88. The van der Waals surface area contributed by atoms with Crippen molar-refractivity contribution in [3.63, 3.8) is 0 Å². The molecule has 0 saturated carbocycles. The van der Waals surface area contributed by atoms with Crippen LogP contribution in [0.3, 0.4) is 0 Å². The zero-order valence-electron chi connectivity index (χ0n) is 12.9. The van der Waals surface area contributed by atoms with Crippen LogP contribution in [0.25, 0.3) is 5.69 Å². The Kier molecular flexibility index (Phi) is 5.11. The van der Waals surface area contributed by atoms with Gasteiger partial charge in [-0.15, -0.1) is 0 Å². The summed E-state index contributed by atoms with van der Waals surface area (Å²) in [6, 6.07) is 9.49. The van der Waals surface area contributed by atoms with E-state index in [9.17, 15) is 9.59 Å². The number of carbonyl (C=O) groups is 1. The number of benzene rings is 1. The van der Waals surface area contributed by atoms with Gasteiger partial charge in [-0.25, -0.2) is 14.8 Å². The fraction of sp³-hybridized carbons (Fsp3) is 0.0625. The van der Waals surface area contributed by atoms with E-state index < -0.39 is 11.5 Å². The van der Waals surface area contributed by atoms with Gasteiger partial charge in [-0.3, -0.25) is 4.79 Å². The molecular weight excluding hydrogens is 364 g/mol. The molecule has 3 rings (SSSR count). The average molecular weight is 375 g/mol. The predicted molar refractivity (Wildman–Crippen MR) is 92.3 cm³/mol. The lowest BCUT2D eigenvalue weighted by Gasteiger charge is -2.10. The molecule has 1 aromatic carbocycles. The Hall–Kier alpha value is -2.71. The molecule has 0 N–H and O–H groups in total. The highest BCUT2D eigenvalue weighted by molar-refractivity contribution is 7.99. The Balaban J connectivity index is 2.10. The lowest BCUT2D eigenvalue weighted by atomic mass is 10.3. The van der Waals surface area contributed by atoms with Gasteiger partial charge in [-0.05, 0) is 42.1 Å². The Bertz CT molecular complexity index is 961. The smallest absolute Gasteiger partial charge is 0.359 e. The predicted octanol–water partition coefficient (Wildman–Crippen LogP) is 2.61. The third-order valence-electron chi connectivity index (χ3n) is 3.09. The first-order chi connectivity index (χ1) is 12.1. The van der Waals surface area contributed by atoms with Crippen molar-refractivity contribution in [2.45, 2.75) is 10.1 Å². The Morgan fingerprint density at radius 2 is 1.88 bits per heavy atom. The summed E-state index contributed by atoms with van der Waals surface area (Å²) in [6.45, 7) is 0. The molecule has 0 bridgehead atoms. The summed E-state index contributed by atoms with van der Waals surface area (Å²) in [5, 5.41) is 5.06. The van der Waals surface area contributed by atoms with E-state index in [1.54, 1.807) is 42.7 Å². The number of aromatic nitrogens is 4. The van der Waals surface area contributed by atoms with Gasteiger partial charge >= 0.3 is 5.97 Å². The van der Waals surface area contributed by atoms with E-state index in [0.29, 0.717) is 20.8 Å². The maximum atomic E-state index is 12.4. The quantitative estimate of drug-likeness (QED) is 0.512. The molecule has 0 unspecified atom stereocenters. The number of methoxy groups -OCH3 is 1. The zero-order chi connectivity index (χ0) is 17.8. The average Bonchev–Trinajstić information content (AvgIpc) is 2.63. The highest BCUT2D eigenvalue weighted by Crippen LogP contribution is 2.26. The maximum absolute atomic E-state index is 12.4. The highest BCUT2D eigenvalue weighted by Gasteiger charge is 2.19. The van der Waals surface area contributed by atoms with E-state index in [0.717, 1.165) is 16.4 Å². The number of carbonyl (C=O) groups excluding carboxylic acids is 1. The lowest BCUT2D eigenvalue weighted by Crippen LogP contribution is -2.24. The minimum absolute atomic E-state index is 0.00509. The molecule has 9 heteroatoms. The van der Waals surface area contributed by atoms with Crippen molar-refractivity contribution in [3.05, 3.63) is 69.9 Å². The summed E-state index contributed by atoms with van der Waals surface area (Å²) in [6.07, 6.45) is 3.13. The van der Waals surface area contributed by atoms with Crippen LogP contribution in [0.5, 0.6) is 0 Å². The summed E-state index contributed by atoms with van der Waals surface area (Å²) in [7, 11) is 1.25. The van der Waals surface area contributed by atoms with Crippen LogP contribution in [0.4, 0.5) is 0 Å². The number of hydrogen-bond donors (Lipinski definition) is 0. The Labute approximate surface area is 151 Å². The van der Waals surface area contributed by atoms with Gasteiger partial charge in [0.2, 0.25) is 0 Å². The van der Waals surface area contributed by atoms with Crippen molar-refractivity contribution in [2.24, 2.45) is 0 Å². The fourth-order valence-corrected chi connectivity index (χ4v) is 2.89. The van der Waals surface area contributed by atoms with Crippen LogP contribution in [0.15, 0.2) is 63.6 Å². The number of rotatable bonds is 4. The van der Waals surface area contributed by atoms with Crippen molar-refractivity contribution in [3.8, 4) is 5.69 Å². The Morgan fingerprint density at radius 1 is 1.20 bits per heavy atom. The van der Waals surface area contributed by atoms with Gasteiger partial charge < -0.3 is 4.74 Å². The second kappa shape index (κ2) is 7.45. The SMILES string of the molecule is COC(=O)c1nn(-c2ccc(Cl)cc2)c(=O)cc1Sc1ncccn1. The first-order valence-electron chi connectivity index (χ1n) is 7.02. The summed E-state index contributed by atoms with van der Waals surface area (Å²) in [5.74, 6) is -0.666. The normalized spacial score (nSPS) is 10.5. The first-order valence-corrected chi connectivity index (χ1v) is 8.21. The summed E-state index contributed by atoms with van der Waals surface area (Å²) >= 11 is 6.92. The summed E-state index contributed by atoms with van der Waals surface area (Å²) in [4.78, 5) is 33.0. The van der Waals surface area contributed by atoms with Crippen LogP contribution in [0, 0.1) is 0 Å². The van der Waals surface area contributed by atoms with Crippen molar-refractivity contribution < 1.29 is 9.53 Å². The van der Waals surface area contributed by atoms with Crippen molar-refractivity contribution in [1.82, 2.24) is 19.7 Å². The molecular formula is C16H11ClN4O3S. The molecule has 0 amide bonds. The van der Waals surface area contributed by atoms with Crippen molar-refractivity contribution in [1.29, 1.82) is 0 Å². The largest absolute Gasteiger partial charge is 0.464 e. The molecule has 0 aliphatic heterocycles. The van der Waals surface area contributed by atoms with Crippen LogP contribution in [0.1, 0.15) is 10.5 Å². The third-order valence-corrected chi connectivity index (χ3v) is 4.27. The van der Waals surface area contributed by atoms with Gasteiger partial charge in [0, 0.05) is 23.5 Å². The van der Waals surface area contributed by atoms with Gasteiger partial charge in [-0.1, -0.05) is 11.6 Å². The fourth-order valence-electron chi connectivity index (χ4n) is 1.96. The maximum Gasteiger partial charge on any atom is 0.359 e. The van der Waals surface area contributed by atoms with E-state index in [4.69, 9.17) is 16.3 Å². The first kappa shape index (κ1) is 17.1. The standard InChI is InChI=1S/C16H11ClN4O3S/c1-24-15(23)14-12(25-16-18-7-2-8-19-16)9-13(22)21(20-14)11-5-3-10(17)4-6-11/h2-9H,1H3. The third kappa shape index (κ3) is 3.86. The second-order valence-corrected chi connectivity index (χ2v) is 6.15. The van der Waals surface area contributed by atoms with E-state index in [2.05, 4.69) is 15.1 Å². The van der Waals surface area contributed by atoms with Gasteiger partial charge in [-0.2, -0.15) is 9.78 Å². The number of nitrogens with zero attached hydrogens (tertiary/aromatic N) is 4. The minimum atomic E-state index is -0.666. The molecule has 2 aromatic heterocycles. The molecule has 7 nitrogen and oxygen atoms in total. The van der Waals surface area contributed by atoms with Crippen molar-refractivity contribution >= 4 is 29.3 Å². The van der Waals surface area contributed by atoms with Crippen LogP contribution >= 0.6 is 23.4 Å². The topological polar surface area (TPSA) is 87.0 Å². The minimum Gasteiger partial charge on any atom is -0.464 e. The van der Waals surface area contributed by atoms with E-state index >= 15 is 0 Å². The molecule has 25 heavy (non-hydrogen) atoms. The molecule has 0 fully saturated rings. The van der Waals surface area contributed by atoms with Crippen LogP contribution in [-0.4, -0.2) is 32.8 Å². The van der Waals surface area contributed by atoms with Gasteiger partial charge in [0.25, 0.3) is 5.56 Å². The highest BCUT2D eigenvalue weighted by atomic mass is 35.5. The van der Waals surface area contributed by atoms with Crippen LogP contribution in [0.2, 0.25) is 5.02 Å².